The van der Waals surface area contributed by atoms with Crippen LogP contribution in [-0.4, -0.2) is 8.42 Å². The molecule has 0 spiro atoms. The van der Waals surface area contributed by atoms with E-state index in [2.05, 4.69) is 20.7 Å². The van der Waals surface area contributed by atoms with E-state index in [9.17, 15) is 12.8 Å². The van der Waals surface area contributed by atoms with Crippen molar-refractivity contribution in [1.29, 1.82) is 0 Å². The maximum atomic E-state index is 13.9. The van der Waals surface area contributed by atoms with Gasteiger partial charge in [0.15, 0.2) is 0 Å². The van der Waals surface area contributed by atoms with Crippen molar-refractivity contribution in [2.75, 3.05) is 10.5 Å². The average Bonchev–Trinajstić information content (AvgIpc) is 2.39. The lowest BCUT2D eigenvalue weighted by Gasteiger charge is -2.12. The molecule has 8 heteroatoms. The zero-order chi connectivity index (χ0) is 15.8. The molecule has 0 saturated carbocycles. The van der Waals surface area contributed by atoms with Crippen molar-refractivity contribution >= 4 is 48.9 Å². The third-order valence-corrected chi connectivity index (χ3v) is 5.58. The molecule has 0 radical (unpaired) electrons. The summed E-state index contributed by atoms with van der Waals surface area (Å²) >= 11 is 9.06. The Morgan fingerprint density at radius 1 is 1.33 bits per heavy atom. The van der Waals surface area contributed by atoms with Crippen molar-refractivity contribution in [3.05, 3.63) is 51.2 Å². The third-order valence-electron chi connectivity index (χ3n) is 2.81. The molecule has 21 heavy (non-hydrogen) atoms. The van der Waals surface area contributed by atoms with Crippen LogP contribution in [0.2, 0.25) is 5.02 Å². The summed E-state index contributed by atoms with van der Waals surface area (Å²) in [7, 11) is -4.12. The number of hydrogen-bond acceptors (Lipinski definition) is 3. The van der Waals surface area contributed by atoms with Crippen molar-refractivity contribution in [3.63, 3.8) is 0 Å². The normalized spacial score (nSPS) is 11.4. The molecular weight excluding hydrogens is 383 g/mol. The van der Waals surface area contributed by atoms with Gasteiger partial charge in [0.25, 0.3) is 10.0 Å². The predicted molar refractivity (Wildman–Crippen MR) is 85.5 cm³/mol. The number of rotatable bonds is 3. The van der Waals surface area contributed by atoms with Crippen molar-refractivity contribution in [2.45, 2.75) is 11.8 Å². The van der Waals surface area contributed by atoms with E-state index < -0.39 is 20.7 Å². The summed E-state index contributed by atoms with van der Waals surface area (Å²) in [5.41, 5.74) is 6.52. The summed E-state index contributed by atoms with van der Waals surface area (Å²) in [5.74, 6) is -0.868. The molecule has 0 atom stereocenters. The molecule has 0 amide bonds. The van der Waals surface area contributed by atoms with Gasteiger partial charge in [0.05, 0.1) is 15.2 Å². The van der Waals surface area contributed by atoms with Gasteiger partial charge in [0, 0.05) is 5.69 Å². The van der Waals surface area contributed by atoms with E-state index in [-0.39, 0.29) is 11.4 Å². The zero-order valence-corrected chi connectivity index (χ0v) is 14.0. The smallest absolute Gasteiger partial charge is 0.264 e. The topological polar surface area (TPSA) is 72.2 Å². The fraction of sp³-hybridized carbons (Fsp3) is 0.0769. The highest BCUT2D eigenvalue weighted by atomic mass is 79.9. The van der Waals surface area contributed by atoms with Crippen LogP contribution in [0.4, 0.5) is 15.8 Å². The van der Waals surface area contributed by atoms with E-state index in [0.717, 1.165) is 12.1 Å². The van der Waals surface area contributed by atoms with Crippen molar-refractivity contribution in [1.82, 2.24) is 0 Å². The highest BCUT2D eigenvalue weighted by Crippen LogP contribution is 2.32. The molecule has 2 aromatic rings. The molecule has 4 nitrogen and oxygen atoms in total. The molecule has 0 bridgehead atoms. The molecule has 0 aliphatic carbocycles. The quantitative estimate of drug-likeness (QED) is 0.776. The fourth-order valence-electron chi connectivity index (χ4n) is 1.66. The van der Waals surface area contributed by atoms with Crippen LogP contribution in [0.1, 0.15) is 5.56 Å². The summed E-state index contributed by atoms with van der Waals surface area (Å²) in [5, 5.41) is 0.332. The highest BCUT2D eigenvalue weighted by molar-refractivity contribution is 9.10. The number of nitrogens with two attached hydrogens (primary N) is 1. The molecule has 0 fully saturated rings. The Bertz CT molecular complexity index is 812. The van der Waals surface area contributed by atoms with Crippen molar-refractivity contribution in [3.8, 4) is 0 Å². The number of hydrogen-bond donors (Lipinski definition) is 2. The second kappa shape index (κ2) is 5.82. The fourth-order valence-corrected chi connectivity index (χ4v) is 3.49. The second-order valence-corrected chi connectivity index (χ2v) is 7.20. The predicted octanol–water partition coefficient (Wildman–Crippen LogP) is 3.93. The van der Waals surface area contributed by atoms with E-state index in [4.69, 9.17) is 17.3 Å². The first-order chi connectivity index (χ1) is 9.72. The molecule has 0 heterocycles. The lowest BCUT2D eigenvalue weighted by molar-refractivity contribution is 0.570. The Labute approximate surface area is 135 Å². The van der Waals surface area contributed by atoms with Gasteiger partial charge in [-0.3, -0.25) is 4.72 Å². The van der Waals surface area contributed by atoms with E-state index in [0.29, 0.717) is 15.1 Å². The van der Waals surface area contributed by atoms with Gasteiger partial charge in [-0.25, -0.2) is 12.8 Å². The van der Waals surface area contributed by atoms with Crippen LogP contribution in [0.15, 0.2) is 39.7 Å². The molecule has 2 rings (SSSR count). The van der Waals surface area contributed by atoms with Crippen LogP contribution in [0.5, 0.6) is 0 Å². The van der Waals surface area contributed by atoms with Gasteiger partial charge in [0.1, 0.15) is 10.7 Å². The van der Waals surface area contributed by atoms with Crippen LogP contribution < -0.4 is 10.5 Å². The lowest BCUT2D eigenvalue weighted by Crippen LogP contribution is -2.15. The summed E-state index contributed by atoms with van der Waals surface area (Å²) < 4.78 is 41.1. The van der Waals surface area contributed by atoms with Gasteiger partial charge >= 0.3 is 0 Å². The minimum Gasteiger partial charge on any atom is -0.398 e. The van der Waals surface area contributed by atoms with Gasteiger partial charge < -0.3 is 5.73 Å². The van der Waals surface area contributed by atoms with Crippen LogP contribution in [0, 0.1) is 12.7 Å². The number of anilines is 2. The maximum Gasteiger partial charge on any atom is 0.264 e. The van der Waals surface area contributed by atoms with Crippen LogP contribution in [0.25, 0.3) is 0 Å². The minimum absolute atomic E-state index is 0.196. The first-order valence-corrected chi connectivity index (χ1v) is 8.40. The van der Waals surface area contributed by atoms with Crippen molar-refractivity contribution in [2.24, 2.45) is 0 Å². The Morgan fingerprint density at radius 3 is 2.67 bits per heavy atom. The van der Waals surface area contributed by atoms with E-state index >= 15 is 0 Å². The lowest BCUT2D eigenvalue weighted by atomic mass is 10.2. The third kappa shape index (κ3) is 3.30. The Balaban J connectivity index is 2.48. The van der Waals surface area contributed by atoms with Gasteiger partial charge in [-0.15, -0.1) is 0 Å². The van der Waals surface area contributed by atoms with Gasteiger partial charge in [-0.2, -0.15) is 0 Å². The number of nitrogens with one attached hydrogen (secondary N) is 1. The SMILES string of the molecule is Cc1cc(F)c(S(=O)(=O)Nc2cccc(Cl)c2Br)cc1N. The van der Waals surface area contributed by atoms with Crippen LogP contribution in [0.3, 0.4) is 0 Å². The molecular formula is C13H11BrClFN2O2S. The standard InChI is InChI=1S/C13H11BrClFN2O2S/c1-7-5-9(16)12(6-10(7)17)21(19,20)18-11-4-2-3-8(15)13(11)14/h2-6,18H,17H2,1H3. The van der Waals surface area contributed by atoms with Gasteiger partial charge in [-0.05, 0) is 52.7 Å². The van der Waals surface area contributed by atoms with Gasteiger partial charge in [0.2, 0.25) is 0 Å². The first-order valence-electron chi connectivity index (χ1n) is 5.75. The van der Waals surface area contributed by atoms with E-state index in [1.165, 1.54) is 6.07 Å². The van der Waals surface area contributed by atoms with Gasteiger partial charge in [-0.1, -0.05) is 17.7 Å². The summed E-state index contributed by atoms with van der Waals surface area (Å²) in [4.78, 5) is -0.516. The molecule has 0 saturated heterocycles. The summed E-state index contributed by atoms with van der Waals surface area (Å²) in [6, 6.07) is 6.84. The molecule has 3 N–H and O–H groups in total. The van der Waals surface area contributed by atoms with E-state index in [1.807, 2.05) is 0 Å². The Morgan fingerprint density at radius 2 is 2.00 bits per heavy atom. The maximum absolute atomic E-state index is 13.9. The number of benzene rings is 2. The molecule has 0 aliphatic rings. The zero-order valence-electron chi connectivity index (χ0n) is 10.8. The summed E-state index contributed by atoms with van der Waals surface area (Å²) in [6.07, 6.45) is 0. The number of halogens is 3. The largest absolute Gasteiger partial charge is 0.398 e. The number of sulfonamides is 1. The minimum atomic E-state index is -4.12. The molecule has 112 valence electrons. The van der Waals surface area contributed by atoms with Crippen LogP contribution >= 0.6 is 27.5 Å². The average molecular weight is 394 g/mol. The van der Waals surface area contributed by atoms with E-state index in [1.54, 1.807) is 19.1 Å². The number of nitrogen functional groups attached to an aromatic ring is 1. The Kier molecular flexibility index (Phi) is 4.46. The second-order valence-electron chi connectivity index (χ2n) is 4.35. The molecule has 0 aliphatic heterocycles. The molecule has 2 aromatic carbocycles. The van der Waals surface area contributed by atoms with Crippen molar-refractivity contribution < 1.29 is 12.8 Å². The monoisotopic (exact) mass is 392 g/mol. The molecule has 0 unspecified atom stereocenters. The molecule has 0 aromatic heterocycles. The highest BCUT2D eigenvalue weighted by Gasteiger charge is 2.21. The number of aryl methyl sites for hydroxylation is 1. The Hall–Kier alpha value is -1.31. The first kappa shape index (κ1) is 16.1. The summed E-state index contributed by atoms with van der Waals surface area (Å²) in [6.45, 7) is 1.59. The van der Waals surface area contributed by atoms with Crippen LogP contribution in [-0.2, 0) is 10.0 Å².